The third kappa shape index (κ3) is 3.90. The van der Waals surface area contributed by atoms with Gasteiger partial charge < -0.3 is 0 Å². The standard InChI is InChI=1S/C13H22N2S3/c1-9-10(2)18-13(8-17-9)12(15-14)4-3-11-5-6-16-7-11/h5-7,9-10,12-13,15H,3-4,8,14H2,1-2H3. The maximum Gasteiger partial charge on any atom is 0.0340 e. The predicted molar refractivity (Wildman–Crippen MR) is 86.5 cm³/mol. The van der Waals surface area contributed by atoms with E-state index in [1.807, 2.05) is 0 Å². The topological polar surface area (TPSA) is 38.0 Å². The summed E-state index contributed by atoms with van der Waals surface area (Å²) in [5, 5.41) is 6.52. The Bertz CT molecular complexity index is 342. The predicted octanol–water partition coefficient (Wildman–Crippen LogP) is 3.14. The molecule has 0 bridgehead atoms. The molecule has 1 aliphatic heterocycles. The first-order valence-corrected chi connectivity index (χ1v) is 9.38. The van der Waals surface area contributed by atoms with Gasteiger partial charge in [-0.2, -0.15) is 34.9 Å². The van der Waals surface area contributed by atoms with Gasteiger partial charge in [-0.25, -0.2) is 0 Å². The number of hydrazine groups is 1. The average Bonchev–Trinajstić information content (AvgIpc) is 2.87. The van der Waals surface area contributed by atoms with E-state index < -0.39 is 0 Å². The first-order chi connectivity index (χ1) is 8.70. The monoisotopic (exact) mass is 302 g/mol. The Morgan fingerprint density at radius 2 is 2.28 bits per heavy atom. The molecule has 1 aromatic heterocycles. The zero-order valence-corrected chi connectivity index (χ0v) is 13.4. The number of thioether (sulfide) groups is 2. The van der Waals surface area contributed by atoms with Gasteiger partial charge in [0.1, 0.15) is 0 Å². The Balaban J connectivity index is 1.84. The summed E-state index contributed by atoms with van der Waals surface area (Å²) < 4.78 is 0. The lowest BCUT2D eigenvalue weighted by Gasteiger charge is -2.35. The molecule has 2 nitrogen and oxygen atoms in total. The van der Waals surface area contributed by atoms with Gasteiger partial charge in [-0.3, -0.25) is 11.3 Å². The molecule has 1 aromatic rings. The molecule has 2 heterocycles. The van der Waals surface area contributed by atoms with Crippen LogP contribution in [0.5, 0.6) is 0 Å². The second-order valence-electron chi connectivity index (χ2n) is 4.86. The van der Waals surface area contributed by atoms with Crippen molar-refractivity contribution in [2.24, 2.45) is 5.84 Å². The van der Waals surface area contributed by atoms with Crippen LogP contribution in [0.2, 0.25) is 0 Å². The van der Waals surface area contributed by atoms with E-state index in [0.717, 1.165) is 23.3 Å². The molecule has 0 spiro atoms. The molecule has 2 rings (SSSR count). The largest absolute Gasteiger partial charge is 0.271 e. The summed E-state index contributed by atoms with van der Waals surface area (Å²) in [6.45, 7) is 4.66. The van der Waals surface area contributed by atoms with Gasteiger partial charge in [-0.05, 0) is 35.2 Å². The lowest BCUT2D eigenvalue weighted by molar-refractivity contribution is 0.491. The average molecular weight is 303 g/mol. The van der Waals surface area contributed by atoms with Gasteiger partial charge in [0, 0.05) is 27.5 Å². The minimum atomic E-state index is 0.428. The minimum Gasteiger partial charge on any atom is -0.271 e. The fourth-order valence-corrected chi connectivity index (χ4v) is 6.01. The summed E-state index contributed by atoms with van der Waals surface area (Å²) in [6.07, 6.45) is 2.26. The lowest BCUT2D eigenvalue weighted by atomic mass is 10.1. The van der Waals surface area contributed by atoms with Crippen molar-refractivity contribution >= 4 is 34.9 Å². The van der Waals surface area contributed by atoms with E-state index >= 15 is 0 Å². The van der Waals surface area contributed by atoms with Crippen LogP contribution in [0.15, 0.2) is 16.8 Å². The molecular weight excluding hydrogens is 280 g/mol. The molecule has 1 fully saturated rings. The van der Waals surface area contributed by atoms with E-state index in [-0.39, 0.29) is 0 Å². The Labute approximate surface area is 122 Å². The number of rotatable bonds is 5. The van der Waals surface area contributed by atoms with Crippen molar-refractivity contribution in [3.8, 4) is 0 Å². The molecule has 0 aromatic carbocycles. The van der Waals surface area contributed by atoms with Crippen LogP contribution in [0, 0.1) is 0 Å². The molecule has 0 saturated carbocycles. The summed E-state index contributed by atoms with van der Waals surface area (Å²) >= 11 is 5.96. The van der Waals surface area contributed by atoms with Crippen molar-refractivity contribution < 1.29 is 0 Å². The summed E-state index contributed by atoms with van der Waals surface area (Å²) in [7, 11) is 0. The van der Waals surface area contributed by atoms with Crippen molar-refractivity contribution in [1.29, 1.82) is 0 Å². The van der Waals surface area contributed by atoms with Gasteiger partial charge in [-0.1, -0.05) is 13.8 Å². The molecule has 0 radical (unpaired) electrons. The summed E-state index contributed by atoms with van der Waals surface area (Å²) in [5.41, 5.74) is 4.48. The lowest BCUT2D eigenvalue weighted by Crippen LogP contribution is -2.46. The third-order valence-corrected chi connectivity index (χ3v) is 7.84. The SMILES string of the molecule is CC1SCC(C(CCc2ccsc2)NN)SC1C. The Morgan fingerprint density at radius 1 is 1.44 bits per heavy atom. The van der Waals surface area contributed by atoms with Crippen LogP contribution >= 0.6 is 34.9 Å². The zero-order chi connectivity index (χ0) is 13.0. The van der Waals surface area contributed by atoms with Crippen LogP contribution in [-0.4, -0.2) is 27.5 Å². The van der Waals surface area contributed by atoms with E-state index in [0.29, 0.717) is 11.3 Å². The molecule has 5 heteroatoms. The Hall–Kier alpha value is 0.320. The molecule has 102 valence electrons. The maximum atomic E-state index is 5.75. The fraction of sp³-hybridized carbons (Fsp3) is 0.692. The summed E-state index contributed by atoms with van der Waals surface area (Å²) in [6, 6.07) is 2.64. The number of nitrogens with one attached hydrogen (secondary N) is 1. The van der Waals surface area contributed by atoms with Crippen LogP contribution in [-0.2, 0) is 6.42 Å². The quantitative estimate of drug-likeness (QED) is 0.647. The highest BCUT2D eigenvalue weighted by Gasteiger charge is 2.30. The fourth-order valence-electron chi connectivity index (χ4n) is 2.15. The first kappa shape index (κ1) is 14.7. The summed E-state index contributed by atoms with van der Waals surface area (Å²) in [5.74, 6) is 6.97. The second-order valence-corrected chi connectivity index (χ2v) is 8.67. The van der Waals surface area contributed by atoms with Gasteiger partial charge in [0.15, 0.2) is 0 Å². The van der Waals surface area contributed by atoms with Crippen LogP contribution < -0.4 is 11.3 Å². The van der Waals surface area contributed by atoms with Crippen molar-refractivity contribution in [2.75, 3.05) is 5.75 Å². The molecule has 0 amide bonds. The van der Waals surface area contributed by atoms with Crippen molar-refractivity contribution in [2.45, 2.75) is 48.5 Å². The molecular formula is C13H22N2S3. The van der Waals surface area contributed by atoms with Gasteiger partial charge in [-0.15, -0.1) is 0 Å². The number of hydrogen-bond acceptors (Lipinski definition) is 5. The van der Waals surface area contributed by atoms with E-state index in [9.17, 15) is 0 Å². The van der Waals surface area contributed by atoms with E-state index in [1.54, 1.807) is 11.3 Å². The molecule has 1 aliphatic rings. The van der Waals surface area contributed by atoms with Gasteiger partial charge in [0.05, 0.1) is 0 Å². The molecule has 3 N–H and O–H groups in total. The Kier molecular flexibility index (Phi) is 5.89. The summed E-state index contributed by atoms with van der Waals surface area (Å²) in [4.78, 5) is 0. The minimum absolute atomic E-state index is 0.428. The highest BCUT2D eigenvalue weighted by atomic mass is 32.2. The van der Waals surface area contributed by atoms with Crippen LogP contribution in [0.1, 0.15) is 25.8 Å². The van der Waals surface area contributed by atoms with Crippen molar-refractivity contribution in [1.82, 2.24) is 5.43 Å². The second kappa shape index (κ2) is 7.20. The highest BCUT2D eigenvalue weighted by molar-refractivity contribution is 8.07. The number of nitrogens with two attached hydrogens (primary N) is 1. The van der Waals surface area contributed by atoms with E-state index in [1.165, 1.54) is 11.3 Å². The molecule has 4 unspecified atom stereocenters. The molecule has 4 atom stereocenters. The third-order valence-electron chi connectivity index (χ3n) is 3.56. The van der Waals surface area contributed by atoms with Gasteiger partial charge in [0.25, 0.3) is 0 Å². The van der Waals surface area contributed by atoms with Gasteiger partial charge in [0.2, 0.25) is 0 Å². The van der Waals surface area contributed by atoms with Crippen LogP contribution in [0.25, 0.3) is 0 Å². The van der Waals surface area contributed by atoms with Crippen molar-refractivity contribution in [3.05, 3.63) is 22.4 Å². The molecule has 1 saturated heterocycles. The van der Waals surface area contributed by atoms with E-state index in [2.05, 4.69) is 59.6 Å². The number of hydrogen-bond donors (Lipinski definition) is 2. The van der Waals surface area contributed by atoms with Crippen LogP contribution in [0.4, 0.5) is 0 Å². The zero-order valence-electron chi connectivity index (χ0n) is 11.0. The maximum absolute atomic E-state index is 5.75. The van der Waals surface area contributed by atoms with Gasteiger partial charge >= 0.3 is 0 Å². The smallest absolute Gasteiger partial charge is 0.0340 e. The normalized spacial score (nSPS) is 30.3. The van der Waals surface area contributed by atoms with E-state index in [4.69, 9.17) is 5.84 Å². The molecule has 0 aliphatic carbocycles. The van der Waals surface area contributed by atoms with Crippen LogP contribution in [0.3, 0.4) is 0 Å². The Morgan fingerprint density at radius 3 is 2.89 bits per heavy atom. The van der Waals surface area contributed by atoms with Crippen molar-refractivity contribution in [3.63, 3.8) is 0 Å². The number of thiophene rings is 1. The first-order valence-electron chi connectivity index (χ1n) is 6.45. The highest BCUT2D eigenvalue weighted by Crippen LogP contribution is 2.37. The molecule has 18 heavy (non-hydrogen) atoms. The number of aryl methyl sites for hydroxylation is 1.